The molecule has 4 nitrogen and oxygen atoms in total. The molecule has 2 aromatic rings. The van der Waals surface area contributed by atoms with Crippen LogP contribution in [0.2, 0.25) is 0 Å². The summed E-state index contributed by atoms with van der Waals surface area (Å²) >= 11 is 0. The van der Waals surface area contributed by atoms with E-state index >= 15 is 0 Å². The Morgan fingerprint density at radius 3 is 2.78 bits per heavy atom. The van der Waals surface area contributed by atoms with Gasteiger partial charge in [-0.1, -0.05) is 18.2 Å². The van der Waals surface area contributed by atoms with E-state index in [1.54, 1.807) is 0 Å². The van der Waals surface area contributed by atoms with Gasteiger partial charge in [0, 0.05) is 23.0 Å². The standard InChI is InChI=1S/C13H16O4S/c1-18(15,16)8-4-6-12(14)11-9-17-13-7-3-2-5-10(11)13/h2-3,5,7,9,12,14H,4,6,8H2,1H3. The number of sulfone groups is 1. The van der Waals surface area contributed by atoms with E-state index in [-0.39, 0.29) is 5.75 Å². The van der Waals surface area contributed by atoms with Crippen LogP contribution in [-0.4, -0.2) is 25.5 Å². The summed E-state index contributed by atoms with van der Waals surface area (Å²) in [6.45, 7) is 0. The minimum absolute atomic E-state index is 0.0971. The van der Waals surface area contributed by atoms with Crippen LogP contribution in [0.3, 0.4) is 0 Å². The fourth-order valence-electron chi connectivity index (χ4n) is 1.95. The maximum Gasteiger partial charge on any atom is 0.147 e. The maximum absolute atomic E-state index is 11.0. The highest BCUT2D eigenvalue weighted by atomic mass is 32.2. The lowest BCUT2D eigenvalue weighted by Crippen LogP contribution is -2.05. The monoisotopic (exact) mass is 268 g/mol. The van der Waals surface area contributed by atoms with Crippen molar-refractivity contribution in [2.24, 2.45) is 0 Å². The SMILES string of the molecule is CS(=O)(=O)CCCC(O)c1coc2ccccc12. The third-order valence-electron chi connectivity index (χ3n) is 2.86. The Hall–Kier alpha value is -1.33. The Kier molecular flexibility index (Phi) is 3.73. The van der Waals surface area contributed by atoms with Gasteiger partial charge in [0.05, 0.1) is 12.4 Å². The van der Waals surface area contributed by atoms with Crippen LogP contribution in [0.4, 0.5) is 0 Å². The third-order valence-corrected chi connectivity index (χ3v) is 3.89. The molecule has 0 radical (unpaired) electrons. The van der Waals surface area contributed by atoms with Crippen LogP contribution < -0.4 is 0 Å². The van der Waals surface area contributed by atoms with Gasteiger partial charge in [0.25, 0.3) is 0 Å². The molecule has 1 atom stereocenters. The van der Waals surface area contributed by atoms with Crippen molar-refractivity contribution in [2.75, 3.05) is 12.0 Å². The van der Waals surface area contributed by atoms with Gasteiger partial charge in [-0.3, -0.25) is 0 Å². The Balaban J connectivity index is 2.07. The van der Waals surface area contributed by atoms with Gasteiger partial charge >= 0.3 is 0 Å². The third kappa shape index (κ3) is 3.11. The quantitative estimate of drug-likeness (QED) is 0.903. The van der Waals surface area contributed by atoms with E-state index < -0.39 is 15.9 Å². The summed E-state index contributed by atoms with van der Waals surface area (Å²) in [7, 11) is -2.97. The molecule has 0 aliphatic carbocycles. The van der Waals surface area contributed by atoms with Crippen LogP contribution in [0.15, 0.2) is 34.9 Å². The number of para-hydroxylation sites is 1. The van der Waals surface area contributed by atoms with Gasteiger partial charge in [0.15, 0.2) is 0 Å². The normalized spacial score (nSPS) is 13.9. The van der Waals surface area contributed by atoms with Crippen LogP contribution in [0.1, 0.15) is 24.5 Å². The first-order valence-corrected chi connectivity index (χ1v) is 7.85. The van der Waals surface area contributed by atoms with E-state index in [4.69, 9.17) is 4.42 Å². The van der Waals surface area contributed by atoms with Gasteiger partial charge in [0.2, 0.25) is 0 Å². The number of hydrogen-bond acceptors (Lipinski definition) is 4. The lowest BCUT2D eigenvalue weighted by atomic mass is 10.0. The van der Waals surface area contributed by atoms with Crippen molar-refractivity contribution in [3.63, 3.8) is 0 Å². The molecule has 0 aliphatic rings. The predicted octanol–water partition coefficient (Wildman–Crippen LogP) is 2.29. The van der Waals surface area contributed by atoms with E-state index in [2.05, 4.69) is 0 Å². The van der Waals surface area contributed by atoms with Crippen molar-refractivity contribution in [1.82, 2.24) is 0 Å². The zero-order chi connectivity index (χ0) is 13.2. The number of benzene rings is 1. The van der Waals surface area contributed by atoms with E-state index in [0.717, 1.165) is 16.5 Å². The van der Waals surface area contributed by atoms with Crippen molar-refractivity contribution in [1.29, 1.82) is 0 Å². The lowest BCUT2D eigenvalue weighted by molar-refractivity contribution is 0.167. The van der Waals surface area contributed by atoms with Crippen molar-refractivity contribution < 1.29 is 17.9 Å². The molecule has 18 heavy (non-hydrogen) atoms. The van der Waals surface area contributed by atoms with Crippen LogP contribution in [0.25, 0.3) is 11.0 Å². The highest BCUT2D eigenvalue weighted by Gasteiger charge is 2.14. The molecule has 0 bridgehead atoms. The summed E-state index contributed by atoms with van der Waals surface area (Å²) in [5.74, 6) is 0.0971. The molecule has 2 rings (SSSR count). The maximum atomic E-state index is 11.0. The first-order chi connectivity index (χ1) is 8.47. The average molecular weight is 268 g/mol. The first kappa shape index (κ1) is 13.1. The molecule has 1 aromatic carbocycles. The average Bonchev–Trinajstić information content (AvgIpc) is 2.70. The fraction of sp³-hybridized carbons (Fsp3) is 0.385. The van der Waals surface area contributed by atoms with E-state index in [9.17, 15) is 13.5 Å². The Bertz CT molecular complexity index is 627. The highest BCUT2D eigenvalue weighted by Crippen LogP contribution is 2.28. The van der Waals surface area contributed by atoms with Crippen molar-refractivity contribution in [3.8, 4) is 0 Å². The lowest BCUT2D eigenvalue weighted by Gasteiger charge is -2.08. The number of rotatable bonds is 5. The number of furan rings is 1. The van der Waals surface area contributed by atoms with E-state index in [1.807, 2.05) is 24.3 Å². The summed E-state index contributed by atoms with van der Waals surface area (Å²) in [5.41, 5.74) is 1.45. The first-order valence-electron chi connectivity index (χ1n) is 5.79. The fourth-order valence-corrected chi connectivity index (χ4v) is 2.64. The molecule has 1 unspecified atom stereocenters. The molecule has 1 heterocycles. The van der Waals surface area contributed by atoms with Crippen molar-refractivity contribution in [2.45, 2.75) is 18.9 Å². The number of aliphatic hydroxyl groups excluding tert-OH is 1. The predicted molar refractivity (Wildman–Crippen MR) is 70.1 cm³/mol. The number of hydrogen-bond donors (Lipinski definition) is 1. The summed E-state index contributed by atoms with van der Waals surface area (Å²) in [5, 5.41) is 10.9. The molecule has 98 valence electrons. The number of fused-ring (bicyclic) bond motifs is 1. The minimum Gasteiger partial charge on any atom is -0.464 e. The molecule has 0 aliphatic heterocycles. The second-order valence-corrected chi connectivity index (χ2v) is 6.73. The van der Waals surface area contributed by atoms with Crippen molar-refractivity contribution >= 4 is 20.8 Å². The zero-order valence-electron chi connectivity index (χ0n) is 10.2. The second-order valence-electron chi connectivity index (χ2n) is 4.48. The summed E-state index contributed by atoms with van der Waals surface area (Å²) in [4.78, 5) is 0. The van der Waals surface area contributed by atoms with Crippen LogP contribution >= 0.6 is 0 Å². The highest BCUT2D eigenvalue weighted by molar-refractivity contribution is 7.90. The molecular formula is C13H16O4S. The smallest absolute Gasteiger partial charge is 0.147 e. The van der Waals surface area contributed by atoms with E-state index in [0.29, 0.717) is 12.8 Å². The Labute approximate surface area is 106 Å². The van der Waals surface area contributed by atoms with Gasteiger partial charge in [-0.05, 0) is 18.9 Å². The van der Waals surface area contributed by atoms with Gasteiger partial charge in [0.1, 0.15) is 15.4 Å². The Morgan fingerprint density at radius 1 is 1.33 bits per heavy atom. The van der Waals surface area contributed by atoms with Gasteiger partial charge in [-0.15, -0.1) is 0 Å². The van der Waals surface area contributed by atoms with Crippen LogP contribution in [0, 0.1) is 0 Å². The second kappa shape index (κ2) is 5.12. The summed E-state index contributed by atoms with van der Waals surface area (Å²) < 4.78 is 27.4. The Morgan fingerprint density at radius 2 is 2.06 bits per heavy atom. The van der Waals surface area contributed by atoms with Gasteiger partial charge < -0.3 is 9.52 Å². The molecule has 0 saturated carbocycles. The molecular weight excluding hydrogens is 252 g/mol. The topological polar surface area (TPSA) is 67.5 Å². The van der Waals surface area contributed by atoms with Gasteiger partial charge in [-0.25, -0.2) is 8.42 Å². The minimum atomic E-state index is -2.97. The molecule has 1 aromatic heterocycles. The molecule has 0 amide bonds. The summed E-state index contributed by atoms with van der Waals surface area (Å²) in [6, 6.07) is 7.46. The van der Waals surface area contributed by atoms with Crippen LogP contribution in [-0.2, 0) is 9.84 Å². The van der Waals surface area contributed by atoms with Crippen LogP contribution in [0.5, 0.6) is 0 Å². The largest absolute Gasteiger partial charge is 0.464 e. The summed E-state index contributed by atoms with van der Waals surface area (Å²) in [6.07, 6.45) is 2.91. The van der Waals surface area contributed by atoms with Gasteiger partial charge in [-0.2, -0.15) is 0 Å². The van der Waals surface area contributed by atoms with E-state index in [1.165, 1.54) is 12.5 Å². The zero-order valence-corrected chi connectivity index (χ0v) is 11.0. The number of aliphatic hydroxyl groups is 1. The molecule has 1 N–H and O–H groups in total. The molecule has 0 spiro atoms. The van der Waals surface area contributed by atoms with Crippen molar-refractivity contribution in [3.05, 3.63) is 36.1 Å². The molecule has 5 heteroatoms. The molecule has 0 saturated heterocycles. The molecule has 0 fully saturated rings.